The molecule has 0 spiro atoms. The average molecular weight is 601 g/mol. The third-order valence-electron chi connectivity index (χ3n) is 7.84. The Hall–Kier alpha value is -6.42. The first kappa shape index (κ1) is 27.2. The lowest BCUT2D eigenvalue weighted by Gasteiger charge is -2.12. The molecule has 0 saturated carbocycles. The monoisotopic (exact) mass is 600 g/mol. The van der Waals surface area contributed by atoms with Gasteiger partial charge in [0.15, 0.2) is 11.7 Å². The molecule has 8 rings (SSSR count). The van der Waals surface area contributed by atoms with Gasteiger partial charge in [-0.1, -0.05) is 121 Å². The lowest BCUT2D eigenvalue weighted by atomic mass is 10.1. The van der Waals surface area contributed by atoms with E-state index in [-0.39, 0.29) is 0 Å². The Labute approximate surface area is 265 Å². The van der Waals surface area contributed by atoms with Gasteiger partial charge in [-0.05, 0) is 23.3 Å². The first-order chi connectivity index (χ1) is 22.8. The fourth-order valence-corrected chi connectivity index (χ4v) is 5.48. The summed E-state index contributed by atoms with van der Waals surface area (Å²) < 4.78 is 3.85. The summed E-state index contributed by atoms with van der Waals surface area (Å²) in [5, 5.41) is 28.5. The molecule has 6 aromatic rings. The van der Waals surface area contributed by atoms with Crippen LogP contribution in [0.5, 0.6) is 0 Å². The Morgan fingerprint density at radius 1 is 0.413 bits per heavy atom. The molecular weight excluding hydrogens is 572 g/mol. The minimum Gasteiger partial charge on any atom is -0.279 e. The van der Waals surface area contributed by atoms with Crippen LogP contribution in [0.4, 0.5) is 0 Å². The molecule has 0 unspecified atom stereocenters. The molecule has 0 bridgehead atoms. The molecule has 2 N–H and O–H groups in total. The highest BCUT2D eigenvalue weighted by atomic mass is 15.5. The highest BCUT2D eigenvalue weighted by molar-refractivity contribution is 6.07. The van der Waals surface area contributed by atoms with Gasteiger partial charge in [0, 0.05) is 11.1 Å². The van der Waals surface area contributed by atoms with Crippen LogP contribution < -0.4 is 10.9 Å². The van der Waals surface area contributed by atoms with E-state index < -0.39 is 0 Å². The van der Waals surface area contributed by atoms with Crippen LogP contribution in [0.15, 0.2) is 154 Å². The maximum atomic E-state index is 4.95. The molecule has 10 heteroatoms. The van der Waals surface area contributed by atoms with Crippen molar-refractivity contribution in [2.75, 3.05) is 0 Å². The van der Waals surface area contributed by atoms with E-state index in [2.05, 4.69) is 31.3 Å². The predicted molar refractivity (Wildman–Crippen MR) is 181 cm³/mol. The first-order valence-electron chi connectivity index (χ1n) is 15.0. The number of hydrogen-bond donors (Lipinski definition) is 2. The molecule has 0 amide bonds. The van der Waals surface area contributed by atoms with Gasteiger partial charge in [0.05, 0.1) is 35.9 Å². The van der Waals surface area contributed by atoms with E-state index in [1.165, 1.54) is 0 Å². The second-order valence-electron chi connectivity index (χ2n) is 10.8. The Balaban J connectivity index is 1.17. The number of amidine groups is 2. The van der Waals surface area contributed by atoms with E-state index in [1.54, 1.807) is 0 Å². The third-order valence-corrected chi connectivity index (χ3v) is 7.84. The van der Waals surface area contributed by atoms with Gasteiger partial charge in [-0.15, -0.1) is 10.2 Å². The molecule has 10 nitrogen and oxygen atoms in total. The van der Waals surface area contributed by atoms with Gasteiger partial charge in [-0.3, -0.25) is 20.2 Å². The quantitative estimate of drug-likeness (QED) is 0.259. The molecule has 2 aromatic heterocycles. The average Bonchev–Trinajstić information content (AvgIpc) is 3.65. The van der Waals surface area contributed by atoms with E-state index >= 15 is 0 Å². The molecule has 0 atom stereocenters. The SMILES string of the molecule is c1ccc(C2=NN=C(NNC3=NN=C(c4ccccc4)Cn4nc(-c5ccccc5)cc43)c3cc(-c4ccccc4)nn3C2)cc1. The zero-order valence-corrected chi connectivity index (χ0v) is 24.7. The number of hydrazine groups is 1. The summed E-state index contributed by atoms with van der Waals surface area (Å²) in [6, 6.07) is 44.3. The minimum atomic E-state index is 0.458. The van der Waals surface area contributed by atoms with Gasteiger partial charge < -0.3 is 0 Å². The molecular formula is C36H28N10. The number of benzene rings is 4. The van der Waals surface area contributed by atoms with Crippen molar-refractivity contribution in [1.82, 2.24) is 30.4 Å². The molecule has 0 aliphatic carbocycles. The lowest BCUT2D eigenvalue weighted by molar-refractivity contribution is 0.709. The predicted octanol–water partition coefficient (Wildman–Crippen LogP) is 5.54. The van der Waals surface area contributed by atoms with Crippen molar-refractivity contribution in [1.29, 1.82) is 0 Å². The standard InChI is InChI=1S/C36H28N10/c1-5-13-25(14-6-1)29-21-33-35(39-37-31(23-45(33)43-29)27-17-9-3-10-18-27)41-42-36-34-22-30(26-15-7-2-8-16-26)44-46(34)24-32(38-40-36)28-19-11-4-12-20-28/h1-22H,23-24H2,(H,39,41)(H,40,42). The van der Waals surface area contributed by atoms with E-state index in [0.717, 1.165) is 56.5 Å². The maximum absolute atomic E-state index is 4.95. The van der Waals surface area contributed by atoms with Crippen molar-refractivity contribution in [2.45, 2.75) is 13.1 Å². The summed E-state index contributed by atoms with van der Waals surface area (Å²) in [5.41, 5.74) is 15.4. The number of fused-ring (bicyclic) bond motifs is 2. The second-order valence-corrected chi connectivity index (χ2v) is 10.8. The van der Waals surface area contributed by atoms with Crippen LogP contribution >= 0.6 is 0 Å². The third kappa shape index (κ3) is 5.39. The van der Waals surface area contributed by atoms with Gasteiger partial charge in [0.25, 0.3) is 0 Å². The zero-order valence-electron chi connectivity index (χ0n) is 24.7. The number of hydrogen-bond acceptors (Lipinski definition) is 8. The Morgan fingerprint density at radius 2 is 0.761 bits per heavy atom. The van der Waals surface area contributed by atoms with Gasteiger partial charge in [0.1, 0.15) is 11.4 Å². The Kier molecular flexibility index (Phi) is 7.04. The van der Waals surface area contributed by atoms with E-state index in [0.29, 0.717) is 24.8 Å². The summed E-state index contributed by atoms with van der Waals surface area (Å²) >= 11 is 0. The molecule has 2 aliphatic heterocycles. The molecule has 0 radical (unpaired) electrons. The first-order valence-corrected chi connectivity index (χ1v) is 15.0. The number of nitrogens with zero attached hydrogens (tertiary/aromatic N) is 8. The molecule has 0 saturated heterocycles. The van der Waals surface area contributed by atoms with Crippen molar-refractivity contribution >= 4 is 23.1 Å². The zero-order chi connectivity index (χ0) is 30.7. The van der Waals surface area contributed by atoms with Crippen LogP contribution in [-0.2, 0) is 13.1 Å². The van der Waals surface area contributed by atoms with Gasteiger partial charge >= 0.3 is 0 Å². The van der Waals surface area contributed by atoms with Gasteiger partial charge in [0.2, 0.25) is 0 Å². The van der Waals surface area contributed by atoms with Crippen LogP contribution in [0.25, 0.3) is 22.5 Å². The maximum Gasteiger partial charge on any atom is 0.192 e. The minimum absolute atomic E-state index is 0.458. The molecule has 222 valence electrons. The topological polar surface area (TPSA) is 109 Å². The van der Waals surface area contributed by atoms with E-state index in [9.17, 15) is 0 Å². The summed E-state index contributed by atoms with van der Waals surface area (Å²) in [6.07, 6.45) is 0. The Morgan fingerprint density at radius 3 is 1.13 bits per heavy atom. The highest BCUT2D eigenvalue weighted by Crippen LogP contribution is 2.23. The van der Waals surface area contributed by atoms with Crippen molar-refractivity contribution < 1.29 is 0 Å². The molecule has 2 aliphatic rings. The lowest BCUT2D eigenvalue weighted by Crippen LogP contribution is -2.43. The fraction of sp³-hybridized carbons (Fsp3) is 0.0556. The van der Waals surface area contributed by atoms with Crippen molar-refractivity contribution in [3.05, 3.63) is 156 Å². The summed E-state index contributed by atoms with van der Waals surface area (Å²) in [7, 11) is 0. The van der Waals surface area contributed by atoms with Gasteiger partial charge in [-0.25, -0.2) is 0 Å². The van der Waals surface area contributed by atoms with Crippen LogP contribution in [0.3, 0.4) is 0 Å². The fourth-order valence-electron chi connectivity index (χ4n) is 5.48. The van der Waals surface area contributed by atoms with Crippen molar-refractivity contribution in [3.8, 4) is 22.5 Å². The van der Waals surface area contributed by atoms with Crippen LogP contribution in [0.1, 0.15) is 22.5 Å². The largest absolute Gasteiger partial charge is 0.279 e. The molecule has 0 fully saturated rings. The van der Waals surface area contributed by atoms with E-state index in [4.69, 9.17) is 10.2 Å². The summed E-state index contributed by atoms with van der Waals surface area (Å²) in [4.78, 5) is 0. The highest BCUT2D eigenvalue weighted by Gasteiger charge is 2.23. The summed E-state index contributed by atoms with van der Waals surface area (Å²) in [6.45, 7) is 0.916. The second kappa shape index (κ2) is 11.9. The summed E-state index contributed by atoms with van der Waals surface area (Å²) in [5.74, 6) is 0.989. The smallest absolute Gasteiger partial charge is 0.192 e. The normalized spacial score (nSPS) is 14.0. The number of rotatable bonds is 4. The van der Waals surface area contributed by atoms with Crippen molar-refractivity contribution in [2.24, 2.45) is 20.4 Å². The molecule has 46 heavy (non-hydrogen) atoms. The van der Waals surface area contributed by atoms with Crippen molar-refractivity contribution in [3.63, 3.8) is 0 Å². The van der Waals surface area contributed by atoms with E-state index in [1.807, 2.05) is 143 Å². The number of nitrogens with one attached hydrogen (secondary N) is 2. The van der Waals surface area contributed by atoms with Crippen LogP contribution in [-0.4, -0.2) is 42.7 Å². The number of aromatic nitrogens is 4. The molecule has 4 heterocycles. The van der Waals surface area contributed by atoms with Gasteiger partial charge in [-0.2, -0.15) is 20.4 Å². The molecule has 4 aromatic carbocycles. The van der Waals surface area contributed by atoms with Crippen LogP contribution in [0.2, 0.25) is 0 Å². The Bertz CT molecular complexity index is 1970. The van der Waals surface area contributed by atoms with Crippen LogP contribution in [0, 0.1) is 0 Å².